The summed E-state index contributed by atoms with van der Waals surface area (Å²) in [5.74, 6) is 1.63. The van der Waals surface area contributed by atoms with Crippen molar-refractivity contribution in [1.82, 2.24) is 4.98 Å². The van der Waals surface area contributed by atoms with Crippen LogP contribution in [0.25, 0.3) is 0 Å². The van der Waals surface area contributed by atoms with Gasteiger partial charge in [-0.15, -0.1) is 11.6 Å². The Balaban J connectivity index is 2.38. The average Bonchev–Trinajstić information content (AvgIpc) is 2.26. The highest BCUT2D eigenvalue weighted by atomic mass is 35.5. The van der Waals surface area contributed by atoms with Crippen LogP contribution in [0.3, 0.4) is 0 Å². The number of nitrogens with one attached hydrogen (secondary N) is 1. The first-order valence-corrected chi connectivity index (χ1v) is 5.71. The van der Waals surface area contributed by atoms with E-state index in [0.717, 1.165) is 19.4 Å². The van der Waals surface area contributed by atoms with Crippen LogP contribution in [0.15, 0.2) is 18.3 Å². The highest BCUT2D eigenvalue weighted by molar-refractivity contribution is 6.17. The molecule has 1 unspecified atom stereocenters. The van der Waals surface area contributed by atoms with E-state index in [1.165, 1.54) is 12.3 Å². The normalized spacial score (nSPS) is 12.5. The van der Waals surface area contributed by atoms with Crippen LogP contribution in [0.1, 0.15) is 19.8 Å². The van der Waals surface area contributed by atoms with Crippen molar-refractivity contribution >= 4 is 17.4 Å². The van der Waals surface area contributed by atoms with Gasteiger partial charge in [0.15, 0.2) is 0 Å². The molecule has 0 radical (unpaired) electrons. The number of alkyl halides is 1. The predicted octanol–water partition coefficient (Wildman–Crippen LogP) is 3.29. The van der Waals surface area contributed by atoms with Gasteiger partial charge in [0, 0.05) is 12.4 Å². The summed E-state index contributed by atoms with van der Waals surface area (Å²) in [4.78, 5) is 3.93. The lowest BCUT2D eigenvalue weighted by atomic mass is 10.0. The minimum atomic E-state index is -0.312. The third kappa shape index (κ3) is 4.47. The van der Waals surface area contributed by atoms with E-state index in [-0.39, 0.29) is 5.82 Å². The maximum atomic E-state index is 12.6. The Hall–Kier alpha value is -0.830. The summed E-state index contributed by atoms with van der Waals surface area (Å²) in [5, 5.41) is 3.17. The first-order valence-electron chi connectivity index (χ1n) is 5.17. The van der Waals surface area contributed by atoms with Crippen LogP contribution in [0, 0.1) is 11.7 Å². The molecular weight excluding hydrogens is 215 g/mol. The second-order valence-corrected chi connectivity index (χ2v) is 3.87. The smallest absolute Gasteiger partial charge is 0.141 e. The first-order chi connectivity index (χ1) is 7.26. The molecule has 0 fully saturated rings. The number of nitrogens with zero attached hydrogens (tertiary/aromatic N) is 1. The summed E-state index contributed by atoms with van der Waals surface area (Å²) in [7, 11) is 0. The molecule has 0 aromatic carbocycles. The standard InChI is InChI=1S/C11H16ClFN2/c1-2-9(5-6-12)7-14-11-4-3-10(13)8-15-11/h3-4,8-9H,2,5-7H2,1H3,(H,14,15). The number of halogens is 2. The van der Waals surface area contributed by atoms with E-state index in [1.807, 2.05) is 0 Å². The van der Waals surface area contributed by atoms with Gasteiger partial charge in [-0.1, -0.05) is 13.3 Å². The molecule has 0 amide bonds. The first kappa shape index (κ1) is 12.2. The predicted molar refractivity (Wildman–Crippen MR) is 61.8 cm³/mol. The number of pyridine rings is 1. The van der Waals surface area contributed by atoms with Gasteiger partial charge in [-0.05, 0) is 24.5 Å². The molecule has 1 atom stereocenters. The molecule has 1 heterocycles. The molecule has 0 bridgehead atoms. The van der Waals surface area contributed by atoms with Crippen LogP contribution in [0.2, 0.25) is 0 Å². The Labute approximate surface area is 94.9 Å². The van der Waals surface area contributed by atoms with E-state index in [0.29, 0.717) is 17.6 Å². The topological polar surface area (TPSA) is 24.9 Å². The molecule has 84 valence electrons. The van der Waals surface area contributed by atoms with E-state index in [1.54, 1.807) is 6.07 Å². The van der Waals surface area contributed by atoms with Crippen molar-refractivity contribution < 1.29 is 4.39 Å². The van der Waals surface area contributed by atoms with Crippen LogP contribution < -0.4 is 5.32 Å². The molecule has 4 heteroatoms. The number of hydrogen-bond acceptors (Lipinski definition) is 2. The van der Waals surface area contributed by atoms with Gasteiger partial charge < -0.3 is 5.32 Å². The molecule has 0 aliphatic rings. The number of hydrogen-bond donors (Lipinski definition) is 1. The fourth-order valence-electron chi connectivity index (χ4n) is 1.33. The third-order valence-corrected chi connectivity index (χ3v) is 2.61. The van der Waals surface area contributed by atoms with Gasteiger partial charge in [-0.25, -0.2) is 9.37 Å². The van der Waals surface area contributed by atoms with Crippen LogP contribution in [-0.4, -0.2) is 17.4 Å². The minimum absolute atomic E-state index is 0.312. The Morgan fingerprint density at radius 1 is 1.53 bits per heavy atom. The zero-order valence-corrected chi connectivity index (χ0v) is 9.60. The van der Waals surface area contributed by atoms with Crippen molar-refractivity contribution in [1.29, 1.82) is 0 Å². The molecule has 0 saturated carbocycles. The Kier molecular flexibility index (Phi) is 5.40. The Morgan fingerprint density at radius 2 is 2.33 bits per heavy atom. The lowest BCUT2D eigenvalue weighted by Crippen LogP contribution is -2.14. The quantitative estimate of drug-likeness (QED) is 0.759. The largest absolute Gasteiger partial charge is 0.370 e. The molecule has 15 heavy (non-hydrogen) atoms. The van der Waals surface area contributed by atoms with Gasteiger partial charge in [0.2, 0.25) is 0 Å². The van der Waals surface area contributed by atoms with E-state index < -0.39 is 0 Å². The molecule has 1 aromatic rings. The SMILES string of the molecule is CCC(CCCl)CNc1ccc(F)cn1. The zero-order valence-electron chi connectivity index (χ0n) is 8.84. The number of anilines is 1. The summed E-state index contributed by atoms with van der Waals surface area (Å²) < 4.78 is 12.6. The van der Waals surface area contributed by atoms with Gasteiger partial charge in [0.25, 0.3) is 0 Å². The van der Waals surface area contributed by atoms with Crippen molar-refractivity contribution in [3.05, 3.63) is 24.1 Å². The van der Waals surface area contributed by atoms with Gasteiger partial charge in [-0.3, -0.25) is 0 Å². The van der Waals surface area contributed by atoms with E-state index in [4.69, 9.17) is 11.6 Å². The van der Waals surface area contributed by atoms with Crippen molar-refractivity contribution in [2.24, 2.45) is 5.92 Å². The van der Waals surface area contributed by atoms with Crippen molar-refractivity contribution in [3.8, 4) is 0 Å². The zero-order chi connectivity index (χ0) is 11.1. The minimum Gasteiger partial charge on any atom is -0.370 e. The second kappa shape index (κ2) is 6.62. The number of aromatic nitrogens is 1. The third-order valence-electron chi connectivity index (χ3n) is 2.39. The molecule has 0 aliphatic carbocycles. The van der Waals surface area contributed by atoms with Crippen LogP contribution >= 0.6 is 11.6 Å². The molecule has 2 nitrogen and oxygen atoms in total. The maximum Gasteiger partial charge on any atom is 0.141 e. The average molecular weight is 231 g/mol. The summed E-state index contributed by atoms with van der Waals surface area (Å²) in [6.07, 6.45) is 3.29. The van der Waals surface area contributed by atoms with E-state index in [2.05, 4.69) is 17.2 Å². The maximum absolute atomic E-state index is 12.6. The van der Waals surface area contributed by atoms with E-state index >= 15 is 0 Å². The summed E-state index contributed by atoms with van der Waals surface area (Å²) >= 11 is 5.68. The molecule has 0 aliphatic heterocycles. The molecular formula is C11H16ClFN2. The lowest BCUT2D eigenvalue weighted by Gasteiger charge is -2.14. The van der Waals surface area contributed by atoms with Gasteiger partial charge in [0.1, 0.15) is 11.6 Å². The summed E-state index contributed by atoms with van der Waals surface area (Å²) in [5.41, 5.74) is 0. The van der Waals surface area contributed by atoms with E-state index in [9.17, 15) is 4.39 Å². The fourth-order valence-corrected chi connectivity index (χ4v) is 1.64. The van der Waals surface area contributed by atoms with Gasteiger partial charge >= 0.3 is 0 Å². The molecule has 1 aromatic heterocycles. The Bertz CT molecular complexity index is 276. The van der Waals surface area contributed by atoms with Gasteiger partial charge in [0.05, 0.1) is 6.20 Å². The summed E-state index contributed by atoms with van der Waals surface area (Å²) in [6, 6.07) is 3.04. The van der Waals surface area contributed by atoms with Crippen molar-refractivity contribution in [3.63, 3.8) is 0 Å². The monoisotopic (exact) mass is 230 g/mol. The molecule has 0 spiro atoms. The van der Waals surface area contributed by atoms with Gasteiger partial charge in [-0.2, -0.15) is 0 Å². The number of rotatable bonds is 6. The Morgan fingerprint density at radius 3 is 2.87 bits per heavy atom. The van der Waals surface area contributed by atoms with Crippen molar-refractivity contribution in [2.75, 3.05) is 17.7 Å². The summed E-state index contributed by atoms with van der Waals surface area (Å²) in [6.45, 7) is 2.97. The molecule has 1 N–H and O–H groups in total. The second-order valence-electron chi connectivity index (χ2n) is 3.49. The lowest BCUT2D eigenvalue weighted by molar-refractivity contribution is 0.521. The highest BCUT2D eigenvalue weighted by Crippen LogP contribution is 2.11. The highest BCUT2D eigenvalue weighted by Gasteiger charge is 2.05. The van der Waals surface area contributed by atoms with Crippen LogP contribution in [0.4, 0.5) is 10.2 Å². The van der Waals surface area contributed by atoms with Crippen LogP contribution in [-0.2, 0) is 0 Å². The molecule has 1 rings (SSSR count). The van der Waals surface area contributed by atoms with Crippen LogP contribution in [0.5, 0.6) is 0 Å². The van der Waals surface area contributed by atoms with Crippen molar-refractivity contribution in [2.45, 2.75) is 19.8 Å². The molecule has 0 saturated heterocycles. The fraction of sp³-hybridized carbons (Fsp3) is 0.545.